The molecule has 1 amide bonds. The van der Waals surface area contributed by atoms with Gasteiger partial charge in [0.15, 0.2) is 0 Å². The first-order valence-electron chi connectivity index (χ1n) is 11.3. The summed E-state index contributed by atoms with van der Waals surface area (Å²) in [6, 6.07) is 26.4. The van der Waals surface area contributed by atoms with Gasteiger partial charge in [-0.1, -0.05) is 79.2 Å². The zero-order valence-corrected chi connectivity index (χ0v) is 26.0. The van der Waals surface area contributed by atoms with Crippen LogP contribution in [0.2, 0.25) is 0 Å². The van der Waals surface area contributed by atoms with E-state index in [1.165, 1.54) is 12.5 Å². The molecule has 0 aliphatic carbocycles. The van der Waals surface area contributed by atoms with Gasteiger partial charge in [0.1, 0.15) is 0 Å². The predicted octanol–water partition coefficient (Wildman–Crippen LogP) is 5.26. The predicted molar refractivity (Wildman–Crippen MR) is 145 cm³/mol. The maximum Gasteiger partial charge on any atom is 0.547 e. The van der Waals surface area contributed by atoms with E-state index in [9.17, 15) is 24.2 Å². The van der Waals surface area contributed by atoms with Gasteiger partial charge in [0.05, 0.1) is 0 Å². The normalized spacial score (nSPS) is 12.3. The number of unbranched alkanes of at least 4 members (excludes halogenated alkanes) is 2. The van der Waals surface area contributed by atoms with Crippen molar-refractivity contribution in [1.82, 2.24) is 0 Å². The molecule has 9 heteroatoms. The van der Waals surface area contributed by atoms with E-state index in [0.29, 0.717) is 12.8 Å². The van der Waals surface area contributed by atoms with Crippen LogP contribution >= 0.6 is 8.03 Å². The van der Waals surface area contributed by atoms with Crippen molar-refractivity contribution in [1.29, 1.82) is 0 Å². The number of carbonyl (C=O) groups is 2. The van der Waals surface area contributed by atoms with Gasteiger partial charge in [-0.2, -0.15) is 4.89 Å². The first kappa shape index (κ1) is 32.7. The molecule has 0 heterocycles. The van der Waals surface area contributed by atoms with Crippen LogP contribution in [0.25, 0.3) is 11.1 Å². The van der Waals surface area contributed by atoms with Gasteiger partial charge in [0, 0.05) is 78.1 Å². The van der Waals surface area contributed by atoms with Crippen molar-refractivity contribution in [2.75, 3.05) is 4.90 Å². The Labute approximate surface area is 257 Å². The molecule has 0 aromatic heterocycles. The second-order valence-corrected chi connectivity index (χ2v) is 9.49. The smallest absolute Gasteiger partial charge is 0.476 e. The third-order valence-electron chi connectivity index (χ3n) is 5.91. The van der Waals surface area contributed by atoms with Gasteiger partial charge in [-0.15, -0.1) is 0 Å². The molecule has 0 spiro atoms. The summed E-state index contributed by atoms with van der Waals surface area (Å²) in [6.07, 6.45) is 2.60. The molecule has 0 aliphatic rings. The summed E-state index contributed by atoms with van der Waals surface area (Å²) in [6.45, 7) is 1.22. The summed E-state index contributed by atoms with van der Waals surface area (Å²) in [5.74, 6) is -2.09. The monoisotopic (exact) mass is 524 g/mol. The van der Waals surface area contributed by atoms with Crippen LogP contribution in [-0.2, 0) is 20.6 Å². The summed E-state index contributed by atoms with van der Waals surface area (Å²) < 4.78 is 12.5. The quantitative estimate of drug-likeness (QED) is 0.203. The largest absolute Gasteiger partial charge is 0.547 e. The number of carboxylic acid groups (broad SMARTS) is 1. The van der Waals surface area contributed by atoms with E-state index in [4.69, 9.17) is 0 Å². The molecule has 178 valence electrons. The third kappa shape index (κ3) is 8.08. The molecule has 0 bridgehead atoms. The number of rotatable bonds is 11. The molecule has 0 fully saturated rings. The maximum atomic E-state index is 12.7. The minimum Gasteiger partial charge on any atom is -0.476 e. The van der Waals surface area contributed by atoms with Crippen LogP contribution in [0.5, 0.6) is 0 Å². The van der Waals surface area contributed by atoms with Gasteiger partial charge >= 0.3 is 19.3 Å². The van der Waals surface area contributed by atoms with E-state index >= 15 is 0 Å². The molecule has 3 rings (SSSR count). The molecule has 3 aromatic rings. The average Bonchev–Trinajstić information content (AvgIpc) is 2.84. The summed E-state index contributed by atoms with van der Waals surface area (Å²) >= 11 is 0. The van der Waals surface area contributed by atoms with Crippen LogP contribution in [0.1, 0.15) is 38.2 Å². The number of aliphatic carboxylic acids is 1. The molecule has 2 atom stereocenters. The van der Waals surface area contributed by atoms with Crippen molar-refractivity contribution in [3.8, 4) is 11.1 Å². The molecule has 0 saturated heterocycles. The number of hydrogen-bond donors (Lipinski definition) is 2. The van der Waals surface area contributed by atoms with Gasteiger partial charge in [-0.25, -0.2) is 4.79 Å². The Bertz CT molecular complexity index is 1110. The first-order valence-corrected chi connectivity index (χ1v) is 12.5. The second kappa shape index (κ2) is 15.8. The number of benzene rings is 3. The fourth-order valence-electron chi connectivity index (χ4n) is 4.19. The number of carbonyl (C=O) groups excluding carboxylic acids is 1. The topological polar surface area (TPSA) is 94.9 Å². The molecule has 2 radical (unpaired) electrons. The van der Waals surface area contributed by atoms with Gasteiger partial charge in [-0.3, -0.25) is 9.69 Å². The minimum atomic E-state index is -3.24. The van der Waals surface area contributed by atoms with Crippen LogP contribution in [-0.4, -0.2) is 86.3 Å². The Morgan fingerprint density at radius 2 is 1.33 bits per heavy atom. The van der Waals surface area contributed by atoms with Crippen LogP contribution in [0.4, 0.5) is 5.69 Å². The van der Waals surface area contributed by atoms with Crippen LogP contribution < -0.4 is 4.90 Å². The number of hydrogen-bond acceptors (Lipinski definition) is 3. The fourth-order valence-corrected chi connectivity index (χ4v) is 5.13. The Balaban J connectivity index is 0.00000324. The summed E-state index contributed by atoms with van der Waals surface area (Å²) in [5, 5.41) is 7.87. The van der Waals surface area contributed by atoms with E-state index < -0.39 is 25.2 Å². The van der Waals surface area contributed by atoms with Crippen LogP contribution in [0, 0.1) is 0 Å². The van der Waals surface area contributed by atoms with E-state index in [-0.39, 0.29) is 71.2 Å². The molecule has 6 nitrogen and oxygen atoms in total. The Morgan fingerprint density at radius 3 is 1.83 bits per heavy atom. The van der Waals surface area contributed by atoms with Gasteiger partial charge < -0.3 is 5.11 Å². The van der Waals surface area contributed by atoms with E-state index in [1.807, 2.05) is 60.7 Å². The maximum absolute atomic E-state index is 12.7. The minimum absolute atomic E-state index is 0. The van der Waals surface area contributed by atoms with Crippen LogP contribution in [0.15, 0.2) is 84.9 Å². The number of nitrogens with zero attached hydrogens (tertiary/aromatic N) is 1. The van der Waals surface area contributed by atoms with Gasteiger partial charge in [-0.05, 0) is 52.7 Å². The van der Waals surface area contributed by atoms with Gasteiger partial charge in [0.2, 0.25) is 5.91 Å². The summed E-state index contributed by atoms with van der Waals surface area (Å²) in [7, 11) is -3.24. The van der Waals surface area contributed by atoms with E-state index in [0.717, 1.165) is 28.9 Å². The van der Waals surface area contributed by atoms with Crippen molar-refractivity contribution in [2.45, 2.75) is 44.3 Å². The van der Waals surface area contributed by atoms with Crippen LogP contribution in [0.3, 0.4) is 0 Å². The van der Waals surface area contributed by atoms with E-state index in [1.54, 1.807) is 24.3 Å². The first-order chi connectivity index (χ1) is 16.4. The van der Waals surface area contributed by atoms with E-state index in [2.05, 4.69) is 0 Å². The molecule has 3 aromatic carbocycles. The summed E-state index contributed by atoms with van der Waals surface area (Å²) in [5.41, 5.74) is 3.32. The Hall–Kier alpha value is -1.34. The summed E-state index contributed by atoms with van der Waals surface area (Å²) in [4.78, 5) is 36.3. The van der Waals surface area contributed by atoms with Gasteiger partial charge in [0.25, 0.3) is 0 Å². The molecule has 2 N–H and O–H groups in total. The standard InChI is InChI=1S/C27H28NO5P.2Na/c1-21(29)28(25-18-16-24(17-19-25)23-14-8-3-9-15-23)27(26(30)31,34(32)33)20-10-4-7-13-22-11-5-2-6-12-22;;/h2-3,5-6,8-9,11-12,14-19H,4,7,10,13,20H2,1H3,(H-,30,31,32,33);;/p+1/t27-;;/m1../s1. The number of carboxylic acids is 1. The molecule has 0 saturated carbocycles. The second-order valence-electron chi connectivity index (χ2n) is 8.21. The molecular formula is C27H29NNa2O5P+. The zero-order valence-electron chi connectivity index (χ0n) is 21.1. The SMILES string of the molecule is CC(=O)N(c1ccc(-c2ccccc2)cc1)[C@@](CCCCCc1ccccc1)(C(=O)O)[P+](=O)O.[Na].[Na]. The van der Waals surface area contributed by atoms with Crippen molar-refractivity contribution in [3.63, 3.8) is 0 Å². The average molecular weight is 524 g/mol. The van der Waals surface area contributed by atoms with Crippen molar-refractivity contribution in [2.24, 2.45) is 0 Å². The molecule has 0 aliphatic heterocycles. The molecular weight excluding hydrogens is 495 g/mol. The van der Waals surface area contributed by atoms with Crippen molar-refractivity contribution >= 4 is 84.7 Å². The Kier molecular flexibility index (Phi) is 14.4. The molecule has 36 heavy (non-hydrogen) atoms. The number of aryl methyl sites for hydroxylation is 1. The molecule has 1 unspecified atom stereocenters. The zero-order chi connectivity index (χ0) is 24.6. The van der Waals surface area contributed by atoms with Crippen molar-refractivity contribution in [3.05, 3.63) is 90.5 Å². The third-order valence-corrected chi connectivity index (χ3v) is 7.16. The number of anilines is 1. The fraction of sp³-hybridized carbons (Fsp3) is 0.259. The van der Waals surface area contributed by atoms with Crippen molar-refractivity contribution < 1.29 is 24.2 Å². The Morgan fingerprint density at radius 1 is 0.806 bits per heavy atom. The number of amides is 1.